The first-order chi connectivity index (χ1) is 9.11. The lowest BCUT2D eigenvalue weighted by Crippen LogP contribution is -2.48. The van der Waals surface area contributed by atoms with E-state index in [1.165, 1.54) is 13.0 Å². The third kappa shape index (κ3) is 7.88. The average molecular weight is 271 g/mol. The van der Waals surface area contributed by atoms with E-state index >= 15 is 0 Å². The highest BCUT2D eigenvalue weighted by Gasteiger charge is 2.19. The van der Waals surface area contributed by atoms with Crippen molar-refractivity contribution in [3.8, 4) is 0 Å². The molecule has 19 heavy (non-hydrogen) atoms. The largest absolute Gasteiger partial charge is 0.374 e. The van der Waals surface area contributed by atoms with Crippen molar-refractivity contribution >= 4 is 0 Å². The summed E-state index contributed by atoms with van der Waals surface area (Å²) in [7, 11) is 2.22. The molecule has 0 spiro atoms. The molecule has 1 aliphatic rings. The molecule has 0 amide bonds. The second-order valence-electron chi connectivity index (χ2n) is 6.15. The summed E-state index contributed by atoms with van der Waals surface area (Å²) >= 11 is 0. The van der Waals surface area contributed by atoms with E-state index in [4.69, 9.17) is 4.74 Å². The van der Waals surface area contributed by atoms with E-state index in [1.807, 2.05) is 0 Å². The van der Waals surface area contributed by atoms with Crippen LogP contribution in [0.25, 0.3) is 0 Å². The summed E-state index contributed by atoms with van der Waals surface area (Å²) in [5, 5.41) is 3.45. The molecule has 114 valence electrons. The Balaban J connectivity index is 2.15. The van der Waals surface area contributed by atoms with Crippen molar-refractivity contribution in [3.63, 3.8) is 0 Å². The molecule has 4 nitrogen and oxygen atoms in total. The molecule has 1 fully saturated rings. The van der Waals surface area contributed by atoms with Crippen LogP contribution in [0.1, 0.15) is 27.2 Å². The molecule has 1 N–H and O–H groups in total. The zero-order chi connectivity index (χ0) is 14.1. The van der Waals surface area contributed by atoms with Crippen LogP contribution >= 0.6 is 0 Å². The Kier molecular flexibility index (Phi) is 8.62. The Hall–Kier alpha value is -0.160. The summed E-state index contributed by atoms with van der Waals surface area (Å²) in [6.07, 6.45) is 1.56. The Morgan fingerprint density at radius 3 is 2.89 bits per heavy atom. The first-order valence-electron chi connectivity index (χ1n) is 7.85. The van der Waals surface area contributed by atoms with Crippen LogP contribution in [0.2, 0.25) is 0 Å². The molecular formula is C15H33N3O. The summed E-state index contributed by atoms with van der Waals surface area (Å²) in [5.74, 6) is 0.751. The van der Waals surface area contributed by atoms with E-state index in [1.54, 1.807) is 0 Å². The summed E-state index contributed by atoms with van der Waals surface area (Å²) in [6.45, 7) is 15.4. The molecule has 0 radical (unpaired) electrons. The van der Waals surface area contributed by atoms with Gasteiger partial charge < -0.3 is 15.0 Å². The molecule has 0 aromatic heterocycles. The van der Waals surface area contributed by atoms with Gasteiger partial charge in [0.15, 0.2) is 0 Å². The van der Waals surface area contributed by atoms with Gasteiger partial charge in [0.1, 0.15) is 0 Å². The van der Waals surface area contributed by atoms with Crippen LogP contribution in [0, 0.1) is 5.92 Å². The minimum absolute atomic E-state index is 0.371. The van der Waals surface area contributed by atoms with Crippen LogP contribution in [0.3, 0.4) is 0 Å². The molecule has 1 atom stereocenters. The van der Waals surface area contributed by atoms with Crippen LogP contribution in [-0.2, 0) is 4.74 Å². The molecule has 0 saturated carbocycles. The molecule has 1 heterocycles. The van der Waals surface area contributed by atoms with Gasteiger partial charge in [0.25, 0.3) is 0 Å². The Bertz CT molecular complexity index is 223. The van der Waals surface area contributed by atoms with Crippen LogP contribution < -0.4 is 5.32 Å². The highest BCUT2D eigenvalue weighted by Crippen LogP contribution is 2.05. The molecule has 0 unspecified atom stereocenters. The predicted octanol–water partition coefficient (Wildman–Crippen LogP) is 1.27. The third-order valence-corrected chi connectivity index (χ3v) is 3.50. The molecule has 1 saturated heterocycles. The second kappa shape index (κ2) is 9.70. The highest BCUT2D eigenvalue weighted by atomic mass is 16.5. The monoisotopic (exact) mass is 271 g/mol. The normalized spacial score (nSPS) is 21.5. The van der Waals surface area contributed by atoms with Gasteiger partial charge in [-0.2, -0.15) is 0 Å². The molecule has 0 aliphatic carbocycles. The van der Waals surface area contributed by atoms with Crippen LogP contribution in [0.4, 0.5) is 0 Å². The molecule has 0 aromatic carbocycles. The maximum absolute atomic E-state index is 5.81. The van der Waals surface area contributed by atoms with Crippen LogP contribution in [0.15, 0.2) is 0 Å². The molecule has 0 bridgehead atoms. The van der Waals surface area contributed by atoms with Crippen molar-refractivity contribution < 1.29 is 4.74 Å². The van der Waals surface area contributed by atoms with Crippen molar-refractivity contribution in [1.29, 1.82) is 0 Å². The maximum Gasteiger partial charge on any atom is 0.0826 e. The molecular weight excluding hydrogens is 238 g/mol. The van der Waals surface area contributed by atoms with Gasteiger partial charge in [0.2, 0.25) is 0 Å². The number of nitrogens with one attached hydrogen (secondary N) is 1. The number of morpholine rings is 1. The highest BCUT2D eigenvalue weighted by molar-refractivity contribution is 4.74. The van der Waals surface area contributed by atoms with E-state index in [9.17, 15) is 0 Å². The fourth-order valence-electron chi connectivity index (χ4n) is 2.57. The number of rotatable bonds is 9. The van der Waals surface area contributed by atoms with Crippen molar-refractivity contribution in [2.45, 2.75) is 33.3 Å². The van der Waals surface area contributed by atoms with Gasteiger partial charge in [-0.25, -0.2) is 0 Å². The number of hydrogen-bond acceptors (Lipinski definition) is 4. The molecule has 0 aromatic rings. The van der Waals surface area contributed by atoms with Gasteiger partial charge in [-0.05, 0) is 25.9 Å². The van der Waals surface area contributed by atoms with E-state index in [0.29, 0.717) is 6.10 Å². The molecule has 1 rings (SSSR count). The predicted molar refractivity (Wildman–Crippen MR) is 81.7 cm³/mol. The van der Waals surface area contributed by atoms with E-state index < -0.39 is 0 Å². The van der Waals surface area contributed by atoms with Gasteiger partial charge in [0, 0.05) is 39.3 Å². The van der Waals surface area contributed by atoms with Gasteiger partial charge in [-0.1, -0.05) is 20.8 Å². The first kappa shape index (κ1) is 16.9. The number of ether oxygens (including phenoxy) is 1. The lowest BCUT2D eigenvalue weighted by atomic mass is 10.2. The molecule has 4 heteroatoms. The fourth-order valence-corrected chi connectivity index (χ4v) is 2.57. The topological polar surface area (TPSA) is 27.7 Å². The molecule has 1 aliphatic heterocycles. The van der Waals surface area contributed by atoms with Crippen LogP contribution in [0.5, 0.6) is 0 Å². The summed E-state index contributed by atoms with van der Waals surface area (Å²) in [6, 6.07) is 0. The first-order valence-corrected chi connectivity index (χ1v) is 7.85. The summed E-state index contributed by atoms with van der Waals surface area (Å²) in [5.41, 5.74) is 0. The second-order valence-corrected chi connectivity index (χ2v) is 6.15. The SMILES string of the molecule is CCCNC[C@@H]1CN(CCN(C)CC(C)C)CCO1. The van der Waals surface area contributed by atoms with Crippen molar-refractivity contribution in [2.24, 2.45) is 5.92 Å². The van der Waals surface area contributed by atoms with Gasteiger partial charge >= 0.3 is 0 Å². The fraction of sp³-hybridized carbons (Fsp3) is 1.00. The third-order valence-electron chi connectivity index (χ3n) is 3.50. The Morgan fingerprint density at radius 1 is 1.42 bits per heavy atom. The number of likely N-dealkylation sites (N-methyl/N-ethyl adjacent to an activating group) is 1. The number of hydrogen-bond donors (Lipinski definition) is 1. The zero-order valence-corrected chi connectivity index (χ0v) is 13.3. The summed E-state index contributed by atoms with van der Waals surface area (Å²) < 4.78 is 5.81. The Labute approximate surface area is 119 Å². The minimum Gasteiger partial charge on any atom is -0.374 e. The van der Waals surface area contributed by atoms with Gasteiger partial charge in [0.05, 0.1) is 12.7 Å². The maximum atomic E-state index is 5.81. The lowest BCUT2D eigenvalue weighted by Gasteiger charge is -2.34. The quantitative estimate of drug-likeness (QED) is 0.639. The van der Waals surface area contributed by atoms with E-state index in [-0.39, 0.29) is 0 Å². The summed E-state index contributed by atoms with van der Waals surface area (Å²) in [4.78, 5) is 4.98. The van der Waals surface area contributed by atoms with Gasteiger partial charge in [-0.15, -0.1) is 0 Å². The van der Waals surface area contributed by atoms with E-state index in [2.05, 4.69) is 42.9 Å². The number of nitrogens with zero attached hydrogens (tertiary/aromatic N) is 2. The zero-order valence-electron chi connectivity index (χ0n) is 13.3. The van der Waals surface area contributed by atoms with Crippen molar-refractivity contribution in [2.75, 3.05) is 59.5 Å². The standard InChI is InChI=1S/C15H33N3O/c1-5-6-16-11-15-13-18(9-10-19-15)8-7-17(4)12-14(2)3/h14-16H,5-13H2,1-4H3/t15-/m1/s1. The van der Waals surface area contributed by atoms with E-state index in [0.717, 1.165) is 51.8 Å². The Morgan fingerprint density at radius 2 is 2.21 bits per heavy atom. The van der Waals surface area contributed by atoms with Crippen LogP contribution in [-0.4, -0.2) is 75.4 Å². The minimum atomic E-state index is 0.371. The van der Waals surface area contributed by atoms with Crippen molar-refractivity contribution in [3.05, 3.63) is 0 Å². The van der Waals surface area contributed by atoms with Crippen molar-refractivity contribution in [1.82, 2.24) is 15.1 Å². The van der Waals surface area contributed by atoms with Gasteiger partial charge in [-0.3, -0.25) is 4.90 Å². The lowest BCUT2D eigenvalue weighted by molar-refractivity contribution is -0.0287. The smallest absolute Gasteiger partial charge is 0.0826 e. The average Bonchev–Trinajstić information content (AvgIpc) is 2.36.